The molecule has 0 unspecified atom stereocenters. The van der Waals surface area contributed by atoms with Crippen molar-refractivity contribution in [2.45, 2.75) is 36.6 Å². The maximum atomic E-state index is 13.3. The summed E-state index contributed by atoms with van der Waals surface area (Å²) in [7, 11) is -0.199. The minimum absolute atomic E-state index is 0.139. The molecule has 0 aliphatic carbocycles. The number of ether oxygens (including phenoxy) is 1. The number of nitrogens with zero attached hydrogens (tertiary/aromatic N) is 3. The summed E-state index contributed by atoms with van der Waals surface area (Å²) in [5.74, 6) is 0.990. The summed E-state index contributed by atoms with van der Waals surface area (Å²) >= 11 is 0. The van der Waals surface area contributed by atoms with Crippen molar-refractivity contribution in [2.75, 3.05) is 20.2 Å². The Kier molecular flexibility index (Phi) is 7.33. The molecule has 1 amide bonds. The summed E-state index contributed by atoms with van der Waals surface area (Å²) in [6.07, 6.45) is 7.26. The van der Waals surface area contributed by atoms with Gasteiger partial charge in [0.05, 0.1) is 12.0 Å². The predicted octanol–water partition coefficient (Wildman–Crippen LogP) is 3.51. The van der Waals surface area contributed by atoms with Crippen molar-refractivity contribution in [3.8, 4) is 5.75 Å². The molecule has 0 bridgehead atoms. The molecule has 0 saturated carbocycles. The lowest BCUT2D eigenvalue weighted by molar-refractivity contribution is 0.0941. The summed E-state index contributed by atoms with van der Waals surface area (Å²) in [6.45, 7) is 1.02. The van der Waals surface area contributed by atoms with Crippen LogP contribution in [0.1, 0.15) is 53.5 Å². The van der Waals surface area contributed by atoms with Crippen molar-refractivity contribution in [3.05, 3.63) is 77.9 Å². The second-order valence-corrected chi connectivity index (χ2v) is 10.4. The van der Waals surface area contributed by atoms with E-state index in [1.54, 1.807) is 31.5 Å². The summed E-state index contributed by atoms with van der Waals surface area (Å²) < 4.78 is 35.1. The Bertz CT molecular complexity index is 1230. The maximum Gasteiger partial charge on any atom is 0.252 e. The molecule has 1 saturated heterocycles. The standard InChI is InChI=1S/C25H30N4O4S/c1-28-17-14-26-24(28)23(19-10-12-21(33-2)13-11-19)27-25(30)20-8-7-9-22(18-20)34(31,32)29-15-5-3-4-6-16-29/h7-14,17-18,23H,3-6,15-16H2,1-2H3,(H,27,30)/t23-/m1/s1. The number of aromatic nitrogens is 2. The monoisotopic (exact) mass is 482 g/mol. The fourth-order valence-electron chi connectivity index (χ4n) is 4.19. The summed E-state index contributed by atoms with van der Waals surface area (Å²) in [5.41, 5.74) is 1.11. The lowest BCUT2D eigenvalue weighted by Gasteiger charge is -2.21. The number of nitrogens with one attached hydrogen (secondary N) is 1. The van der Waals surface area contributed by atoms with Gasteiger partial charge in [0, 0.05) is 38.1 Å². The molecule has 0 radical (unpaired) electrons. The van der Waals surface area contributed by atoms with E-state index in [1.807, 2.05) is 42.1 Å². The van der Waals surface area contributed by atoms with Crippen molar-refractivity contribution in [1.29, 1.82) is 0 Å². The minimum atomic E-state index is -3.66. The van der Waals surface area contributed by atoms with Gasteiger partial charge in [0.25, 0.3) is 5.91 Å². The molecule has 1 aliphatic rings. The van der Waals surface area contributed by atoms with Gasteiger partial charge in [0.2, 0.25) is 10.0 Å². The van der Waals surface area contributed by atoms with Gasteiger partial charge in [0.15, 0.2) is 0 Å². The fourth-order valence-corrected chi connectivity index (χ4v) is 5.76. The van der Waals surface area contributed by atoms with Crippen LogP contribution in [0.4, 0.5) is 0 Å². The number of aryl methyl sites for hydroxylation is 1. The Morgan fingerprint density at radius 1 is 1.06 bits per heavy atom. The van der Waals surface area contributed by atoms with Gasteiger partial charge in [-0.05, 0) is 48.7 Å². The van der Waals surface area contributed by atoms with E-state index >= 15 is 0 Å². The molecule has 4 rings (SSSR count). The Hall–Kier alpha value is -3.17. The number of hydrogen-bond donors (Lipinski definition) is 1. The van der Waals surface area contributed by atoms with Crippen LogP contribution in [0.25, 0.3) is 0 Å². The van der Waals surface area contributed by atoms with Gasteiger partial charge in [-0.25, -0.2) is 13.4 Å². The average molecular weight is 483 g/mol. The van der Waals surface area contributed by atoms with Crippen LogP contribution >= 0.6 is 0 Å². The molecule has 9 heteroatoms. The Morgan fingerprint density at radius 2 is 1.76 bits per heavy atom. The molecular formula is C25H30N4O4S. The highest BCUT2D eigenvalue weighted by Crippen LogP contribution is 2.25. The van der Waals surface area contributed by atoms with Gasteiger partial charge in [-0.1, -0.05) is 31.0 Å². The topological polar surface area (TPSA) is 93.5 Å². The number of carbonyl (C=O) groups excluding carboxylic acids is 1. The molecule has 8 nitrogen and oxygen atoms in total. The highest BCUT2D eigenvalue weighted by molar-refractivity contribution is 7.89. The zero-order valence-electron chi connectivity index (χ0n) is 19.5. The number of rotatable bonds is 7. The largest absolute Gasteiger partial charge is 0.497 e. The van der Waals surface area contributed by atoms with Crippen molar-refractivity contribution < 1.29 is 17.9 Å². The molecular weight excluding hydrogens is 452 g/mol. The fraction of sp³-hybridized carbons (Fsp3) is 0.360. The molecule has 180 valence electrons. The van der Waals surface area contributed by atoms with Gasteiger partial charge < -0.3 is 14.6 Å². The lowest BCUT2D eigenvalue weighted by atomic mass is 10.0. The Balaban J connectivity index is 1.61. The van der Waals surface area contributed by atoms with Crippen molar-refractivity contribution in [3.63, 3.8) is 0 Å². The van der Waals surface area contributed by atoms with E-state index in [0.717, 1.165) is 31.2 Å². The first kappa shape index (κ1) is 24.0. The Morgan fingerprint density at radius 3 is 2.38 bits per heavy atom. The van der Waals surface area contributed by atoms with Crippen LogP contribution < -0.4 is 10.1 Å². The molecule has 1 atom stereocenters. The molecule has 1 aliphatic heterocycles. The summed E-state index contributed by atoms with van der Waals surface area (Å²) in [5, 5.41) is 3.03. The molecule has 1 aromatic heterocycles. The number of methoxy groups -OCH3 is 1. The van der Waals surface area contributed by atoms with Crippen LogP contribution in [-0.4, -0.2) is 48.4 Å². The second kappa shape index (κ2) is 10.4. The van der Waals surface area contributed by atoms with E-state index < -0.39 is 16.1 Å². The molecule has 2 aromatic carbocycles. The third-order valence-corrected chi connectivity index (χ3v) is 8.03. The summed E-state index contributed by atoms with van der Waals surface area (Å²) in [6, 6.07) is 13.1. The summed E-state index contributed by atoms with van der Waals surface area (Å²) in [4.78, 5) is 17.8. The van der Waals surface area contributed by atoms with Crippen molar-refractivity contribution >= 4 is 15.9 Å². The van der Waals surface area contributed by atoms with Crippen molar-refractivity contribution in [1.82, 2.24) is 19.2 Å². The van der Waals surface area contributed by atoms with Gasteiger partial charge in [-0.3, -0.25) is 4.79 Å². The van der Waals surface area contributed by atoms with Gasteiger partial charge >= 0.3 is 0 Å². The van der Waals surface area contributed by atoms with E-state index in [1.165, 1.54) is 10.4 Å². The maximum absolute atomic E-state index is 13.3. The van der Waals surface area contributed by atoms with Gasteiger partial charge in [0.1, 0.15) is 17.6 Å². The van der Waals surface area contributed by atoms with E-state index in [-0.39, 0.29) is 16.4 Å². The molecule has 1 N–H and O–H groups in total. The number of amides is 1. The third kappa shape index (κ3) is 5.15. The highest BCUT2D eigenvalue weighted by atomic mass is 32.2. The molecule has 0 spiro atoms. The number of carbonyl (C=O) groups is 1. The van der Waals surface area contributed by atoms with Gasteiger partial charge in [-0.15, -0.1) is 0 Å². The molecule has 34 heavy (non-hydrogen) atoms. The third-order valence-electron chi connectivity index (χ3n) is 6.14. The first-order valence-corrected chi connectivity index (χ1v) is 12.9. The smallest absolute Gasteiger partial charge is 0.252 e. The van der Waals surface area contributed by atoms with E-state index in [9.17, 15) is 13.2 Å². The van der Waals surface area contributed by atoms with E-state index in [2.05, 4.69) is 10.3 Å². The molecule has 1 fully saturated rings. The van der Waals surface area contributed by atoms with Crippen LogP contribution in [0, 0.1) is 0 Å². The van der Waals surface area contributed by atoms with E-state index in [0.29, 0.717) is 24.7 Å². The SMILES string of the molecule is COc1ccc([C@@H](NC(=O)c2cccc(S(=O)(=O)N3CCCCCC3)c2)c2nccn2C)cc1. The quantitative estimate of drug-likeness (QED) is 0.556. The first-order chi connectivity index (χ1) is 16.4. The zero-order chi connectivity index (χ0) is 24.1. The van der Waals surface area contributed by atoms with Crippen LogP contribution in [0.3, 0.4) is 0 Å². The number of hydrogen-bond acceptors (Lipinski definition) is 5. The Labute approximate surface area is 200 Å². The lowest BCUT2D eigenvalue weighted by Crippen LogP contribution is -2.33. The second-order valence-electron chi connectivity index (χ2n) is 8.42. The van der Waals surface area contributed by atoms with Crippen LogP contribution in [-0.2, 0) is 17.1 Å². The van der Waals surface area contributed by atoms with E-state index in [4.69, 9.17) is 4.74 Å². The average Bonchev–Trinajstić information content (AvgIpc) is 3.09. The number of imidazole rings is 1. The predicted molar refractivity (Wildman–Crippen MR) is 129 cm³/mol. The number of benzene rings is 2. The zero-order valence-corrected chi connectivity index (χ0v) is 20.3. The van der Waals surface area contributed by atoms with Crippen LogP contribution in [0.2, 0.25) is 0 Å². The number of sulfonamides is 1. The minimum Gasteiger partial charge on any atom is -0.497 e. The first-order valence-electron chi connectivity index (χ1n) is 11.4. The molecule has 3 aromatic rings. The molecule has 2 heterocycles. The normalized spacial score (nSPS) is 15.9. The van der Waals surface area contributed by atoms with Crippen LogP contribution in [0.5, 0.6) is 5.75 Å². The van der Waals surface area contributed by atoms with Gasteiger partial charge in [-0.2, -0.15) is 4.31 Å². The van der Waals surface area contributed by atoms with Crippen LogP contribution in [0.15, 0.2) is 65.8 Å². The highest BCUT2D eigenvalue weighted by Gasteiger charge is 2.27. The van der Waals surface area contributed by atoms with Crippen molar-refractivity contribution in [2.24, 2.45) is 7.05 Å².